The van der Waals surface area contributed by atoms with Gasteiger partial charge in [0.15, 0.2) is 11.8 Å². The maximum atomic E-state index is 13.3. The molecular weight excluding hydrogens is 398 g/mol. The largest absolute Gasteiger partial charge is 0.482 e. The molecule has 0 aromatic heterocycles. The summed E-state index contributed by atoms with van der Waals surface area (Å²) in [4.78, 5) is 33.4. The van der Waals surface area contributed by atoms with E-state index < -0.39 is 0 Å². The Bertz CT molecular complexity index is 948. The van der Waals surface area contributed by atoms with Crippen molar-refractivity contribution in [2.45, 2.75) is 13.0 Å². The first-order valence-corrected chi connectivity index (χ1v) is 10.2. The van der Waals surface area contributed by atoms with Gasteiger partial charge in [-0.15, -0.1) is 0 Å². The molecule has 6 nitrogen and oxygen atoms in total. The molecule has 144 valence electrons. The number of thioether (sulfide) groups is 1. The van der Waals surface area contributed by atoms with Gasteiger partial charge in [-0.2, -0.15) is 0 Å². The minimum atomic E-state index is -0.252. The van der Waals surface area contributed by atoms with Crippen LogP contribution in [0.5, 0.6) is 5.75 Å². The summed E-state index contributed by atoms with van der Waals surface area (Å²) in [6.07, 6.45) is 0. The molecule has 2 amide bonds. The summed E-state index contributed by atoms with van der Waals surface area (Å²) in [5.41, 5.74) is 1.27. The number of rotatable bonds is 3. The number of aliphatic imine (C=N–C) groups is 1. The molecule has 2 heterocycles. The van der Waals surface area contributed by atoms with E-state index in [0.717, 1.165) is 5.75 Å². The maximum absolute atomic E-state index is 13.3. The van der Waals surface area contributed by atoms with Gasteiger partial charge < -0.3 is 4.74 Å². The van der Waals surface area contributed by atoms with Crippen LogP contribution in [-0.4, -0.2) is 41.9 Å². The van der Waals surface area contributed by atoms with Crippen molar-refractivity contribution < 1.29 is 14.3 Å². The molecule has 2 aromatic rings. The van der Waals surface area contributed by atoms with Crippen LogP contribution in [0.2, 0.25) is 5.02 Å². The first-order chi connectivity index (χ1) is 13.5. The molecular formula is C20H18ClN3O3S. The smallest absolute Gasteiger partial charge is 0.265 e. The zero-order valence-electron chi connectivity index (χ0n) is 15.2. The van der Waals surface area contributed by atoms with Crippen molar-refractivity contribution >= 4 is 51.7 Å². The van der Waals surface area contributed by atoms with Gasteiger partial charge in [-0.05, 0) is 43.3 Å². The van der Waals surface area contributed by atoms with Crippen LogP contribution in [0.1, 0.15) is 6.92 Å². The SMILES string of the molecule is C[C@@H]1CSC(N(C(=O)CN2C(=O)COc3ccccc32)c2ccc(Cl)cc2)=N1. The van der Waals surface area contributed by atoms with Crippen molar-refractivity contribution in [3.05, 3.63) is 53.6 Å². The van der Waals surface area contributed by atoms with E-state index in [1.807, 2.05) is 19.1 Å². The minimum absolute atomic E-state index is 0.0853. The highest BCUT2D eigenvalue weighted by molar-refractivity contribution is 8.14. The number of para-hydroxylation sites is 2. The molecule has 0 bridgehead atoms. The van der Waals surface area contributed by atoms with Crippen molar-refractivity contribution in [3.8, 4) is 5.75 Å². The second kappa shape index (κ2) is 7.85. The zero-order chi connectivity index (χ0) is 19.7. The number of halogens is 1. The van der Waals surface area contributed by atoms with Crippen molar-refractivity contribution in [1.29, 1.82) is 0 Å². The summed E-state index contributed by atoms with van der Waals surface area (Å²) in [5, 5.41) is 1.22. The van der Waals surface area contributed by atoms with E-state index in [1.54, 1.807) is 41.3 Å². The van der Waals surface area contributed by atoms with Crippen LogP contribution < -0.4 is 14.5 Å². The lowest BCUT2D eigenvalue weighted by atomic mass is 10.2. The number of carbonyl (C=O) groups is 2. The van der Waals surface area contributed by atoms with E-state index in [0.29, 0.717) is 27.3 Å². The Morgan fingerprint density at radius 3 is 2.75 bits per heavy atom. The molecule has 2 aromatic carbocycles. The Labute approximate surface area is 172 Å². The fourth-order valence-electron chi connectivity index (χ4n) is 3.07. The number of nitrogens with zero attached hydrogens (tertiary/aromatic N) is 3. The molecule has 1 atom stereocenters. The Morgan fingerprint density at radius 1 is 1.29 bits per heavy atom. The molecule has 0 spiro atoms. The molecule has 28 heavy (non-hydrogen) atoms. The number of fused-ring (bicyclic) bond motifs is 1. The van der Waals surface area contributed by atoms with E-state index in [9.17, 15) is 9.59 Å². The summed E-state index contributed by atoms with van der Waals surface area (Å²) < 4.78 is 5.46. The van der Waals surface area contributed by atoms with Crippen LogP contribution in [0, 0.1) is 0 Å². The van der Waals surface area contributed by atoms with Gasteiger partial charge in [-0.1, -0.05) is 35.5 Å². The Balaban J connectivity index is 1.66. The fourth-order valence-corrected chi connectivity index (χ4v) is 4.25. The maximum Gasteiger partial charge on any atom is 0.265 e. The topological polar surface area (TPSA) is 62.2 Å². The van der Waals surface area contributed by atoms with Crippen LogP contribution in [0.15, 0.2) is 53.5 Å². The molecule has 0 saturated heterocycles. The lowest BCUT2D eigenvalue weighted by Gasteiger charge is -2.31. The third-order valence-corrected chi connectivity index (χ3v) is 5.86. The van der Waals surface area contributed by atoms with Crippen LogP contribution >= 0.6 is 23.4 Å². The van der Waals surface area contributed by atoms with Crippen molar-refractivity contribution in [1.82, 2.24) is 0 Å². The summed E-state index contributed by atoms with van der Waals surface area (Å²) >= 11 is 7.53. The summed E-state index contributed by atoms with van der Waals surface area (Å²) in [5.74, 6) is 0.908. The Morgan fingerprint density at radius 2 is 2.04 bits per heavy atom. The van der Waals surface area contributed by atoms with E-state index in [4.69, 9.17) is 16.3 Å². The molecule has 0 unspecified atom stereocenters. The van der Waals surface area contributed by atoms with Crippen LogP contribution in [0.25, 0.3) is 0 Å². The van der Waals surface area contributed by atoms with E-state index in [1.165, 1.54) is 16.7 Å². The minimum Gasteiger partial charge on any atom is -0.482 e. The molecule has 4 rings (SSSR count). The number of amides is 2. The standard InChI is InChI=1S/C20H18ClN3O3S/c1-13-12-28-20(22-13)24(15-8-6-14(21)7-9-15)18(25)10-23-16-4-2-3-5-17(16)27-11-19(23)26/h2-9,13H,10-12H2,1H3/t13-/m1/s1. The predicted octanol–water partition coefficient (Wildman–Crippen LogP) is 3.59. The fraction of sp³-hybridized carbons (Fsp3) is 0.250. The number of ether oxygens (including phenoxy) is 1. The van der Waals surface area contributed by atoms with Gasteiger partial charge in [0.25, 0.3) is 11.8 Å². The Kier molecular flexibility index (Phi) is 5.28. The van der Waals surface area contributed by atoms with E-state index >= 15 is 0 Å². The van der Waals surface area contributed by atoms with Gasteiger partial charge in [-0.3, -0.25) is 24.4 Å². The van der Waals surface area contributed by atoms with Crippen LogP contribution in [-0.2, 0) is 9.59 Å². The third kappa shape index (κ3) is 3.72. The first-order valence-electron chi connectivity index (χ1n) is 8.84. The van der Waals surface area contributed by atoms with Crippen LogP contribution in [0.4, 0.5) is 11.4 Å². The lowest BCUT2D eigenvalue weighted by molar-refractivity contribution is -0.124. The predicted molar refractivity (Wildman–Crippen MR) is 113 cm³/mol. The summed E-state index contributed by atoms with van der Waals surface area (Å²) in [6, 6.07) is 14.4. The van der Waals surface area contributed by atoms with Crippen LogP contribution in [0.3, 0.4) is 0 Å². The Hall–Kier alpha value is -2.51. The molecule has 2 aliphatic heterocycles. The van der Waals surface area contributed by atoms with Gasteiger partial charge in [0.05, 0.1) is 17.4 Å². The number of carbonyl (C=O) groups excluding carboxylic acids is 2. The molecule has 0 saturated carbocycles. The number of hydrogen-bond donors (Lipinski definition) is 0. The second-order valence-corrected chi connectivity index (χ2v) is 7.94. The summed E-state index contributed by atoms with van der Waals surface area (Å²) in [6.45, 7) is 1.82. The monoisotopic (exact) mass is 415 g/mol. The van der Waals surface area contributed by atoms with Gasteiger partial charge in [-0.25, -0.2) is 0 Å². The second-order valence-electron chi connectivity index (χ2n) is 6.51. The molecule has 0 fully saturated rings. The third-order valence-electron chi connectivity index (χ3n) is 4.41. The average Bonchev–Trinajstić information content (AvgIpc) is 3.11. The average molecular weight is 416 g/mol. The molecule has 0 aliphatic carbocycles. The quantitative estimate of drug-likeness (QED) is 0.768. The highest BCUT2D eigenvalue weighted by Crippen LogP contribution is 2.32. The van der Waals surface area contributed by atoms with Crippen molar-refractivity contribution in [2.75, 3.05) is 28.7 Å². The highest BCUT2D eigenvalue weighted by atomic mass is 35.5. The summed E-state index contributed by atoms with van der Waals surface area (Å²) in [7, 11) is 0. The molecule has 0 radical (unpaired) electrons. The van der Waals surface area contributed by atoms with Gasteiger partial charge >= 0.3 is 0 Å². The van der Waals surface area contributed by atoms with E-state index in [2.05, 4.69) is 4.99 Å². The van der Waals surface area contributed by atoms with Crippen molar-refractivity contribution in [2.24, 2.45) is 4.99 Å². The van der Waals surface area contributed by atoms with Gasteiger partial charge in [0, 0.05) is 10.8 Å². The van der Waals surface area contributed by atoms with Gasteiger partial charge in [0.2, 0.25) is 0 Å². The number of amidine groups is 1. The van der Waals surface area contributed by atoms with Crippen molar-refractivity contribution in [3.63, 3.8) is 0 Å². The lowest BCUT2D eigenvalue weighted by Crippen LogP contribution is -2.47. The number of hydrogen-bond acceptors (Lipinski definition) is 5. The number of benzene rings is 2. The van der Waals surface area contributed by atoms with E-state index in [-0.39, 0.29) is 31.0 Å². The number of anilines is 2. The molecule has 8 heteroatoms. The van der Waals surface area contributed by atoms with Gasteiger partial charge in [0.1, 0.15) is 12.3 Å². The highest BCUT2D eigenvalue weighted by Gasteiger charge is 2.32. The first kappa shape index (κ1) is 18.8. The molecule has 2 aliphatic rings. The zero-order valence-corrected chi connectivity index (χ0v) is 16.7. The molecule has 0 N–H and O–H groups in total. The normalized spacial score (nSPS) is 18.4.